The third kappa shape index (κ3) is 4.94. The van der Waals surface area contributed by atoms with Crippen LogP contribution >= 0.6 is 0 Å². The molecule has 7 aromatic carbocycles. The van der Waals surface area contributed by atoms with Gasteiger partial charge in [0.25, 0.3) is 0 Å². The summed E-state index contributed by atoms with van der Waals surface area (Å²) >= 11 is 0. The summed E-state index contributed by atoms with van der Waals surface area (Å²) in [6, 6.07) is 62.3. The Morgan fingerprint density at radius 2 is 0.630 bits per heavy atom. The van der Waals surface area contributed by atoms with E-state index in [9.17, 15) is 4.79 Å². The fraction of sp³-hybridized carbons (Fsp3) is 0. The van der Waals surface area contributed by atoms with E-state index in [2.05, 4.69) is 109 Å². The summed E-state index contributed by atoms with van der Waals surface area (Å²) in [6.45, 7) is 0. The molecular formula is C43H30N2O. The molecule has 0 N–H and O–H groups in total. The topological polar surface area (TPSA) is 26.9 Å². The van der Waals surface area contributed by atoms with Gasteiger partial charge in [0.05, 0.1) is 22.4 Å². The van der Waals surface area contributed by atoms with Gasteiger partial charge in [0.1, 0.15) is 0 Å². The number of benzene rings is 7. The van der Waals surface area contributed by atoms with Crippen LogP contribution in [0.15, 0.2) is 187 Å². The maximum atomic E-state index is 14.8. The third-order valence-electron chi connectivity index (χ3n) is 8.57. The normalized spacial score (nSPS) is 11.1. The second-order valence-corrected chi connectivity index (χ2v) is 11.4. The zero-order chi connectivity index (χ0) is 30.9. The minimum atomic E-state index is -0.116. The Balaban J connectivity index is 1.45. The maximum absolute atomic E-state index is 14.8. The molecule has 46 heavy (non-hydrogen) atoms. The minimum Gasteiger partial charge on any atom is -0.260 e. The van der Waals surface area contributed by atoms with E-state index < -0.39 is 0 Å². The van der Waals surface area contributed by atoms with Crippen LogP contribution < -0.4 is 5.69 Å². The molecule has 1 heterocycles. The van der Waals surface area contributed by atoms with Gasteiger partial charge in [0.15, 0.2) is 0 Å². The summed E-state index contributed by atoms with van der Waals surface area (Å²) in [4.78, 5) is 14.8. The lowest BCUT2D eigenvalue weighted by Crippen LogP contribution is -2.22. The summed E-state index contributed by atoms with van der Waals surface area (Å²) in [7, 11) is 0. The van der Waals surface area contributed by atoms with E-state index in [0.29, 0.717) is 0 Å². The predicted octanol–water partition coefficient (Wildman–Crippen LogP) is 10.4. The Hall–Kier alpha value is -6.19. The highest BCUT2D eigenvalue weighted by molar-refractivity contribution is 5.95. The molecule has 0 saturated heterocycles. The molecule has 0 amide bonds. The average molecular weight is 591 g/mol. The van der Waals surface area contributed by atoms with Gasteiger partial charge in [0, 0.05) is 0 Å². The van der Waals surface area contributed by atoms with Gasteiger partial charge in [-0.15, -0.1) is 0 Å². The SMILES string of the molecule is O=c1n(-c2cccc(-c3ccccc3)c2)c2cc(-c3ccccc3)c(-c3ccccc3)cc2n1-c1cccc(-c2ccccc2)c1. The molecule has 3 heteroatoms. The van der Waals surface area contributed by atoms with Gasteiger partial charge in [-0.3, -0.25) is 9.13 Å². The molecule has 8 aromatic rings. The van der Waals surface area contributed by atoms with E-state index in [0.717, 1.165) is 66.9 Å². The van der Waals surface area contributed by atoms with E-state index in [-0.39, 0.29) is 5.69 Å². The number of hydrogen-bond acceptors (Lipinski definition) is 1. The first-order valence-electron chi connectivity index (χ1n) is 15.5. The van der Waals surface area contributed by atoms with E-state index >= 15 is 0 Å². The number of imidazole rings is 1. The lowest BCUT2D eigenvalue weighted by molar-refractivity contribution is 0.931. The summed E-state index contributed by atoms with van der Waals surface area (Å²) in [5.74, 6) is 0. The fourth-order valence-electron chi connectivity index (χ4n) is 6.36. The lowest BCUT2D eigenvalue weighted by Gasteiger charge is -2.13. The zero-order valence-corrected chi connectivity index (χ0v) is 25.1. The number of nitrogens with zero attached hydrogens (tertiary/aromatic N) is 2. The van der Waals surface area contributed by atoms with Crippen LogP contribution in [0.5, 0.6) is 0 Å². The van der Waals surface area contributed by atoms with Crippen LogP contribution in [0.1, 0.15) is 0 Å². The number of aromatic nitrogens is 2. The molecule has 8 rings (SSSR count). The zero-order valence-electron chi connectivity index (χ0n) is 25.1. The smallest absolute Gasteiger partial charge is 0.260 e. The van der Waals surface area contributed by atoms with Crippen molar-refractivity contribution in [2.45, 2.75) is 0 Å². The summed E-state index contributed by atoms with van der Waals surface area (Å²) in [5, 5.41) is 0. The molecule has 0 radical (unpaired) electrons. The van der Waals surface area contributed by atoms with E-state index in [1.165, 1.54) is 0 Å². The van der Waals surface area contributed by atoms with Crippen molar-refractivity contribution in [1.29, 1.82) is 0 Å². The quantitative estimate of drug-likeness (QED) is 0.189. The summed E-state index contributed by atoms with van der Waals surface area (Å²) in [6.07, 6.45) is 0. The highest BCUT2D eigenvalue weighted by Gasteiger charge is 2.21. The molecule has 0 aliphatic heterocycles. The second-order valence-electron chi connectivity index (χ2n) is 11.4. The van der Waals surface area contributed by atoms with Gasteiger partial charge >= 0.3 is 5.69 Å². The first-order valence-corrected chi connectivity index (χ1v) is 15.5. The van der Waals surface area contributed by atoms with Crippen molar-refractivity contribution in [2.75, 3.05) is 0 Å². The second kappa shape index (κ2) is 11.7. The Kier molecular flexibility index (Phi) is 6.97. The largest absolute Gasteiger partial charge is 0.338 e. The van der Waals surface area contributed by atoms with Crippen LogP contribution in [0.3, 0.4) is 0 Å². The molecule has 0 fully saturated rings. The van der Waals surface area contributed by atoms with Crippen LogP contribution in [0.4, 0.5) is 0 Å². The highest BCUT2D eigenvalue weighted by Crippen LogP contribution is 2.37. The van der Waals surface area contributed by atoms with Crippen molar-refractivity contribution in [3.63, 3.8) is 0 Å². The van der Waals surface area contributed by atoms with Crippen LogP contribution in [0, 0.1) is 0 Å². The van der Waals surface area contributed by atoms with Crippen LogP contribution in [0.2, 0.25) is 0 Å². The summed E-state index contributed by atoms with van der Waals surface area (Å²) in [5.41, 5.74) is 11.9. The molecule has 0 atom stereocenters. The Labute approximate surface area is 267 Å². The molecule has 3 nitrogen and oxygen atoms in total. The molecule has 0 spiro atoms. The van der Waals surface area contributed by atoms with Crippen molar-refractivity contribution in [3.8, 4) is 55.9 Å². The van der Waals surface area contributed by atoms with Crippen LogP contribution in [-0.2, 0) is 0 Å². The average Bonchev–Trinajstić information content (AvgIpc) is 3.43. The first-order chi connectivity index (χ1) is 22.7. The van der Waals surface area contributed by atoms with Crippen molar-refractivity contribution in [1.82, 2.24) is 9.13 Å². The van der Waals surface area contributed by atoms with Gasteiger partial charge in [0.2, 0.25) is 0 Å². The predicted molar refractivity (Wildman–Crippen MR) is 191 cm³/mol. The van der Waals surface area contributed by atoms with Gasteiger partial charge < -0.3 is 0 Å². The molecule has 0 unspecified atom stereocenters. The van der Waals surface area contributed by atoms with Gasteiger partial charge in [-0.1, -0.05) is 146 Å². The molecular weight excluding hydrogens is 560 g/mol. The van der Waals surface area contributed by atoms with Crippen LogP contribution in [-0.4, -0.2) is 9.13 Å². The molecule has 1 aromatic heterocycles. The number of rotatable bonds is 6. The van der Waals surface area contributed by atoms with Crippen molar-refractivity contribution in [2.24, 2.45) is 0 Å². The standard InChI is InChI=1S/C43H30N2O/c46-43-44(37-25-13-23-35(27-37)31-15-5-1-6-16-31)41-29-39(33-19-9-3-10-20-33)40(34-21-11-4-12-22-34)30-42(41)45(43)38-26-14-24-36(28-38)32-17-7-2-8-18-32/h1-30H. The Morgan fingerprint density at radius 3 is 1.00 bits per heavy atom. The third-order valence-corrected chi connectivity index (χ3v) is 8.57. The van der Waals surface area contributed by atoms with E-state index in [1.54, 1.807) is 0 Å². The van der Waals surface area contributed by atoms with Crippen LogP contribution in [0.25, 0.3) is 66.9 Å². The lowest BCUT2D eigenvalue weighted by atomic mass is 9.93. The highest BCUT2D eigenvalue weighted by atomic mass is 16.1. The van der Waals surface area contributed by atoms with Crippen molar-refractivity contribution < 1.29 is 0 Å². The van der Waals surface area contributed by atoms with Crippen molar-refractivity contribution >= 4 is 11.0 Å². The monoisotopic (exact) mass is 590 g/mol. The Bertz CT molecular complexity index is 2190. The van der Waals surface area contributed by atoms with E-state index in [4.69, 9.17) is 0 Å². The molecule has 0 aliphatic rings. The van der Waals surface area contributed by atoms with Crippen molar-refractivity contribution in [3.05, 3.63) is 192 Å². The Morgan fingerprint density at radius 1 is 0.304 bits per heavy atom. The van der Waals surface area contributed by atoms with E-state index in [1.807, 2.05) is 81.9 Å². The first kappa shape index (κ1) is 27.4. The fourth-order valence-corrected chi connectivity index (χ4v) is 6.36. The molecule has 0 aliphatic carbocycles. The molecule has 0 saturated carbocycles. The summed E-state index contributed by atoms with van der Waals surface area (Å²) < 4.78 is 3.72. The minimum absolute atomic E-state index is 0.116. The van der Waals surface area contributed by atoms with Gasteiger partial charge in [-0.05, 0) is 80.9 Å². The number of hydrogen-bond donors (Lipinski definition) is 0. The van der Waals surface area contributed by atoms with Gasteiger partial charge in [-0.2, -0.15) is 0 Å². The molecule has 218 valence electrons. The number of fused-ring (bicyclic) bond motifs is 1. The van der Waals surface area contributed by atoms with Gasteiger partial charge in [-0.25, -0.2) is 4.79 Å². The maximum Gasteiger partial charge on any atom is 0.338 e. The molecule has 0 bridgehead atoms.